The Labute approximate surface area is 341 Å². The summed E-state index contributed by atoms with van der Waals surface area (Å²) < 4.78 is 6.26. The van der Waals surface area contributed by atoms with Gasteiger partial charge in [-0.25, -0.2) is 0 Å². The van der Waals surface area contributed by atoms with E-state index in [-0.39, 0.29) is 18.7 Å². The normalized spacial score (nSPS) is 20.8. The van der Waals surface area contributed by atoms with Crippen LogP contribution in [0.15, 0.2) is 103 Å². The molecule has 10 heteroatoms. The Morgan fingerprint density at radius 3 is 2.16 bits per heavy atom. The van der Waals surface area contributed by atoms with Crippen LogP contribution in [0.3, 0.4) is 0 Å². The van der Waals surface area contributed by atoms with Crippen molar-refractivity contribution in [3.63, 3.8) is 0 Å². The number of benzene rings is 4. The largest absolute Gasteiger partial charge is 0.492 e. The van der Waals surface area contributed by atoms with Crippen molar-refractivity contribution >= 4 is 40.5 Å². The van der Waals surface area contributed by atoms with E-state index in [2.05, 4.69) is 112 Å². The number of hydrogen-bond donors (Lipinski definition) is 2. The van der Waals surface area contributed by atoms with Gasteiger partial charge in [-0.15, -0.1) is 0 Å². The van der Waals surface area contributed by atoms with Crippen molar-refractivity contribution < 1.29 is 23.9 Å². The first-order valence-corrected chi connectivity index (χ1v) is 21.0. The molecule has 0 aromatic heterocycles. The molecule has 0 aliphatic carbocycles. The molecule has 8 rings (SSSR count). The van der Waals surface area contributed by atoms with E-state index in [0.717, 1.165) is 87.7 Å². The van der Waals surface area contributed by atoms with Gasteiger partial charge in [-0.2, -0.15) is 0 Å². The highest BCUT2D eigenvalue weighted by Gasteiger charge is 2.45. The number of fused-ring (bicyclic) bond motifs is 1. The summed E-state index contributed by atoms with van der Waals surface area (Å²) in [6.45, 7) is 8.60. The van der Waals surface area contributed by atoms with Gasteiger partial charge in [0.25, 0.3) is 11.8 Å². The lowest BCUT2D eigenvalue weighted by atomic mass is 9.88. The maximum Gasteiger partial charge on any atom is 0.262 e. The number of carbonyl (C=O) groups excluding carboxylic acids is 4. The van der Waals surface area contributed by atoms with Crippen LogP contribution in [-0.4, -0.2) is 91.4 Å². The SMILES string of the molecule is CCC(=C(c1ccccc1)c1ccc(OCCN2CCC(CNC3CCCN(c4ccc5c(c4)C(=O)N(C4CCC(=O)NC4=O)C5=O)C3)CC2)cc1)c1ccccc1. The van der Waals surface area contributed by atoms with E-state index < -0.39 is 23.8 Å². The van der Waals surface area contributed by atoms with Gasteiger partial charge in [0.2, 0.25) is 11.8 Å². The van der Waals surface area contributed by atoms with Crippen LogP contribution in [0.5, 0.6) is 5.75 Å². The van der Waals surface area contributed by atoms with Crippen LogP contribution in [0.1, 0.15) is 89.3 Å². The maximum absolute atomic E-state index is 13.4. The third kappa shape index (κ3) is 8.63. The average molecular weight is 780 g/mol. The van der Waals surface area contributed by atoms with E-state index in [4.69, 9.17) is 4.74 Å². The molecular weight excluding hydrogens is 727 g/mol. The third-order valence-electron chi connectivity index (χ3n) is 12.3. The highest BCUT2D eigenvalue weighted by Crippen LogP contribution is 2.35. The van der Waals surface area contributed by atoms with E-state index in [1.165, 1.54) is 27.8 Å². The molecular formula is C48H53N5O5. The van der Waals surface area contributed by atoms with Crippen molar-refractivity contribution in [2.24, 2.45) is 5.92 Å². The monoisotopic (exact) mass is 779 g/mol. The fourth-order valence-corrected chi connectivity index (χ4v) is 9.08. The van der Waals surface area contributed by atoms with Gasteiger partial charge in [0, 0.05) is 37.8 Å². The molecule has 4 aliphatic heterocycles. The lowest BCUT2D eigenvalue weighted by molar-refractivity contribution is -0.136. The topological polar surface area (TPSA) is 111 Å². The van der Waals surface area contributed by atoms with Gasteiger partial charge in [-0.3, -0.25) is 34.3 Å². The van der Waals surface area contributed by atoms with Gasteiger partial charge in [0.15, 0.2) is 0 Å². The van der Waals surface area contributed by atoms with Crippen LogP contribution in [0.2, 0.25) is 0 Å². The number of anilines is 1. The van der Waals surface area contributed by atoms with Crippen LogP contribution >= 0.6 is 0 Å². The summed E-state index contributed by atoms with van der Waals surface area (Å²) in [6.07, 6.45) is 5.61. The van der Waals surface area contributed by atoms with E-state index >= 15 is 0 Å². The van der Waals surface area contributed by atoms with Crippen molar-refractivity contribution in [2.45, 2.75) is 64.0 Å². The zero-order valence-corrected chi connectivity index (χ0v) is 33.3. The molecule has 0 bridgehead atoms. The molecule has 2 unspecified atom stereocenters. The maximum atomic E-state index is 13.4. The fraction of sp³-hybridized carbons (Fsp3) is 0.375. The highest BCUT2D eigenvalue weighted by molar-refractivity contribution is 6.23. The molecule has 4 heterocycles. The van der Waals surface area contributed by atoms with Gasteiger partial charge < -0.3 is 15.0 Å². The predicted octanol–water partition coefficient (Wildman–Crippen LogP) is 6.81. The van der Waals surface area contributed by atoms with Gasteiger partial charge in [-0.05, 0) is 122 Å². The number of nitrogens with zero attached hydrogens (tertiary/aromatic N) is 3. The Balaban J connectivity index is 0.790. The van der Waals surface area contributed by atoms with Crippen molar-refractivity contribution in [3.8, 4) is 5.75 Å². The summed E-state index contributed by atoms with van der Waals surface area (Å²) in [7, 11) is 0. The molecule has 4 aliphatic rings. The second kappa shape index (κ2) is 17.9. The highest BCUT2D eigenvalue weighted by atomic mass is 16.5. The number of nitrogens with one attached hydrogen (secondary N) is 2. The zero-order chi connectivity index (χ0) is 40.0. The molecule has 2 atom stereocenters. The molecule has 3 fully saturated rings. The van der Waals surface area contributed by atoms with Gasteiger partial charge >= 0.3 is 0 Å². The summed E-state index contributed by atoms with van der Waals surface area (Å²) in [5, 5.41) is 6.11. The summed E-state index contributed by atoms with van der Waals surface area (Å²) in [5.41, 5.74) is 7.79. The Morgan fingerprint density at radius 2 is 1.45 bits per heavy atom. The quantitative estimate of drug-likeness (QED) is 0.113. The number of rotatable bonds is 13. The standard InChI is InChI=1S/C48H53N5O5/c1-2-40(34-10-5-3-6-11-34)45(35-12-7-4-8-13-35)36-15-18-39(19-16-36)58-29-28-51-26-23-33(24-27-51)31-49-37-14-9-25-52(32-37)38-17-20-41-42(30-38)48(57)53(47(41)56)43-21-22-44(54)50-46(43)55/h3-8,10-13,15-20,30,33,37,43,49H,2,9,14,21-29,31-32H2,1H3,(H,50,54,55). The minimum Gasteiger partial charge on any atom is -0.492 e. The average Bonchev–Trinajstić information content (AvgIpc) is 3.51. The van der Waals surface area contributed by atoms with Crippen molar-refractivity contribution in [1.82, 2.24) is 20.4 Å². The number of allylic oxidation sites excluding steroid dienone is 1. The lowest BCUT2D eigenvalue weighted by Gasteiger charge is -2.37. The van der Waals surface area contributed by atoms with Crippen LogP contribution < -0.4 is 20.3 Å². The molecule has 58 heavy (non-hydrogen) atoms. The minimum atomic E-state index is -0.960. The minimum absolute atomic E-state index is 0.104. The number of imide groups is 2. The summed E-state index contributed by atoms with van der Waals surface area (Å²) in [6, 6.07) is 34.7. The smallest absolute Gasteiger partial charge is 0.262 e. The number of ether oxygens (including phenoxy) is 1. The molecule has 4 aromatic rings. The van der Waals surface area contributed by atoms with E-state index in [0.29, 0.717) is 29.7 Å². The van der Waals surface area contributed by atoms with E-state index in [1.54, 1.807) is 12.1 Å². The first-order chi connectivity index (χ1) is 28.4. The second-order valence-corrected chi connectivity index (χ2v) is 16.0. The molecule has 0 saturated carbocycles. The van der Waals surface area contributed by atoms with Crippen LogP contribution in [-0.2, 0) is 9.59 Å². The number of hydrogen-bond acceptors (Lipinski definition) is 8. The summed E-state index contributed by atoms with van der Waals surface area (Å²) in [5.74, 6) is -0.398. The van der Waals surface area contributed by atoms with Gasteiger partial charge in [0.1, 0.15) is 18.4 Å². The third-order valence-corrected chi connectivity index (χ3v) is 12.3. The van der Waals surface area contributed by atoms with Gasteiger partial charge in [0.05, 0.1) is 11.1 Å². The lowest BCUT2D eigenvalue weighted by Crippen LogP contribution is -2.54. The number of piperidine rings is 3. The van der Waals surface area contributed by atoms with Crippen molar-refractivity contribution in [1.29, 1.82) is 0 Å². The van der Waals surface area contributed by atoms with Crippen molar-refractivity contribution in [2.75, 3.05) is 50.8 Å². The molecule has 4 aromatic carbocycles. The Hall–Kier alpha value is -5.58. The van der Waals surface area contributed by atoms with Crippen LogP contribution in [0.4, 0.5) is 5.69 Å². The fourth-order valence-electron chi connectivity index (χ4n) is 9.08. The molecule has 2 N–H and O–H groups in total. The number of likely N-dealkylation sites (tertiary alicyclic amines) is 1. The van der Waals surface area contributed by atoms with Crippen molar-refractivity contribution in [3.05, 3.63) is 131 Å². The summed E-state index contributed by atoms with van der Waals surface area (Å²) in [4.78, 5) is 56.5. The van der Waals surface area contributed by atoms with Crippen LogP contribution in [0, 0.1) is 5.92 Å². The Kier molecular flexibility index (Phi) is 12.1. The molecule has 0 radical (unpaired) electrons. The van der Waals surface area contributed by atoms with Crippen LogP contribution in [0.25, 0.3) is 11.1 Å². The number of amides is 4. The second-order valence-electron chi connectivity index (χ2n) is 16.0. The molecule has 3 saturated heterocycles. The molecule has 10 nitrogen and oxygen atoms in total. The molecule has 300 valence electrons. The van der Waals surface area contributed by atoms with Gasteiger partial charge in [-0.1, -0.05) is 79.7 Å². The molecule has 4 amide bonds. The first-order valence-electron chi connectivity index (χ1n) is 21.0. The summed E-state index contributed by atoms with van der Waals surface area (Å²) >= 11 is 0. The number of carbonyl (C=O) groups is 4. The first kappa shape index (κ1) is 39.3. The Morgan fingerprint density at radius 1 is 0.759 bits per heavy atom. The van der Waals surface area contributed by atoms with E-state index in [1.807, 2.05) is 6.07 Å². The van der Waals surface area contributed by atoms with E-state index in [9.17, 15) is 19.2 Å². The predicted molar refractivity (Wildman–Crippen MR) is 227 cm³/mol. The Bertz CT molecular complexity index is 2150. The zero-order valence-electron chi connectivity index (χ0n) is 33.3. The molecule has 0 spiro atoms.